The van der Waals surface area contributed by atoms with Crippen LogP contribution in [0.4, 0.5) is 0 Å². The Morgan fingerprint density at radius 1 is 1.53 bits per heavy atom. The van der Waals surface area contributed by atoms with Crippen LogP contribution in [0.1, 0.15) is 5.56 Å². The number of Topliss-reactive ketones (excluding diaryl/α,β-unsaturated/α-hetero) is 1. The Hall–Kier alpha value is -0.710. The molecule has 0 spiro atoms. The number of ether oxygens (including phenoxy) is 1. The molecule has 1 aliphatic rings. The number of likely N-dealkylation sites (N-methyl/N-ethyl adjacent to an activating group) is 1. The largest absolute Gasteiger partial charge is 0.379 e. The summed E-state index contributed by atoms with van der Waals surface area (Å²) in [6.07, 6.45) is 0.478. The third kappa shape index (κ3) is 3.15. The fourth-order valence-corrected chi connectivity index (χ4v) is 2.58. The Labute approximate surface area is 110 Å². The van der Waals surface area contributed by atoms with E-state index >= 15 is 0 Å². The van der Waals surface area contributed by atoms with E-state index in [2.05, 4.69) is 21.2 Å². The summed E-state index contributed by atoms with van der Waals surface area (Å²) in [6.45, 7) is 1.17. The van der Waals surface area contributed by atoms with Gasteiger partial charge in [0, 0.05) is 16.9 Å². The number of halogens is 1. The SMILES string of the molecule is CNC1COCC1C(=O)Cc1cccc(Br)c1. The molecule has 1 saturated heterocycles. The monoisotopic (exact) mass is 297 g/mol. The van der Waals surface area contributed by atoms with Gasteiger partial charge in [0.25, 0.3) is 0 Å². The molecule has 1 fully saturated rings. The molecule has 1 N–H and O–H groups in total. The van der Waals surface area contributed by atoms with Crippen molar-refractivity contribution < 1.29 is 9.53 Å². The lowest BCUT2D eigenvalue weighted by atomic mass is 9.94. The Balaban J connectivity index is 2.01. The summed E-state index contributed by atoms with van der Waals surface area (Å²) in [5.41, 5.74) is 1.05. The van der Waals surface area contributed by atoms with Gasteiger partial charge in [0.15, 0.2) is 0 Å². The third-order valence-corrected chi connectivity index (χ3v) is 3.63. The van der Waals surface area contributed by atoms with Gasteiger partial charge >= 0.3 is 0 Å². The quantitative estimate of drug-likeness (QED) is 0.921. The average Bonchev–Trinajstić information content (AvgIpc) is 2.77. The van der Waals surface area contributed by atoms with Gasteiger partial charge in [-0.05, 0) is 24.7 Å². The van der Waals surface area contributed by atoms with E-state index in [0.29, 0.717) is 19.6 Å². The molecule has 0 aromatic heterocycles. The minimum absolute atomic E-state index is 0.0148. The first-order chi connectivity index (χ1) is 8.20. The molecule has 0 amide bonds. The average molecular weight is 298 g/mol. The molecule has 3 nitrogen and oxygen atoms in total. The lowest BCUT2D eigenvalue weighted by Crippen LogP contribution is -2.37. The van der Waals surface area contributed by atoms with Crippen LogP contribution in [0.25, 0.3) is 0 Å². The zero-order chi connectivity index (χ0) is 12.3. The van der Waals surface area contributed by atoms with Gasteiger partial charge < -0.3 is 10.1 Å². The van der Waals surface area contributed by atoms with Crippen LogP contribution in [0.3, 0.4) is 0 Å². The standard InChI is InChI=1S/C13H16BrNO2/c1-15-12-8-17-7-11(12)13(16)6-9-3-2-4-10(14)5-9/h2-5,11-12,15H,6-8H2,1H3. The first kappa shape index (κ1) is 12.7. The molecule has 4 heteroatoms. The summed E-state index contributed by atoms with van der Waals surface area (Å²) in [6, 6.07) is 8.04. The summed E-state index contributed by atoms with van der Waals surface area (Å²) < 4.78 is 6.36. The molecule has 2 rings (SSSR count). The molecule has 1 aliphatic heterocycles. The van der Waals surface area contributed by atoms with Crippen LogP contribution in [0.15, 0.2) is 28.7 Å². The van der Waals surface area contributed by atoms with E-state index in [-0.39, 0.29) is 17.7 Å². The van der Waals surface area contributed by atoms with E-state index in [4.69, 9.17) is 4.74 Å². The van der Waals surface area contributed by atoms with E-state index in [1.807, 2.05) is 31.3 Å². The number of nitrogens with one attached hydrogen (secondary N) is 1. The van der Waals surface area contributed by atoms with Crippen LogP contribution in [0.2, 0.25) is 0 Å². The Morgan fingerprint density at radius 2 is 2.35 bits per heavy atom. The van der Waals surface area contributed by atoms with Gasteiger partial charge in [0.1, 0.15) is 5.78 Å². The van der Waals surface area contributed by atoms with Crippen molar-refractivity contribution in [3.8, 4) is 0 Å². The minimum Gasteiger partial charge on any atom is -0.379 e. The van der Waals surface area contributed by atoms with Crippen LogP contribution < -0.4 is 5.32 Å². The van der Waals surface area contributed by atoms with Crippen molar-refractivity contribution in [2.24, 2.45) is 5.92 Å². The Bertz CT molecular complexity index is 408. The first-order valence-electron chi connectivity index (χ1n) is 5.73. The smallest absolute Gasteiger partial charge is 0.144 e. The first-order valence-corrected chi connectivity index (χ1v) is 6.52. The van der Waals surface area contributed by atoms with Crippen molar-refractivity contribution in [1.29, 1.82) is 0 Å². The fraction of sp³-hybridized carbons (Fsp3) is 0.462. The predicted octanol–water partition coefficient (Wildman–Crippen LogP) is 1.80. The van der Waals surface area contributed by atoms with Crippen LogP contribution in [-0.4, -0.2) is 32.1 Å². The minimum atomic E-state index is -0.0148. The summed E-state index contributed by atoms with van der Waals surface area (Å²) in [5, 5.41) is 3.14. The second-order valence-electron chi connectivity index (χ2n) is 4.31. The van der Waals surface area contributed by atoms with Gasteiger partial charge in [0.05, 0.1) is 19.1 Å². The highest BCUT2D eigenvalue weighted by Gasteiger charge is 2.32. The van der Waals surface area contributed by atoms with Crippen molar-refractivity contribution in [1.82, 2.24) is 5.32 Å². The highest BCUT2D eigenvalue weighted by Crippen LogP contribution is 2.18. The summed E-state index contributed by atoms with van der Waals surface area (Å²) in [5.74, 6) is 0.235. The zero-order valence-corrected chi connectivity index (χ0v) is 11.4. The van der Waals surface area contributed by atoms with Gasteiger partial charge in [0.2, 0.25) is 0 Å². The van der Waals surface area contributed by atoms with Crippen LogP contribution in [0, 0.1) is 5.92 Å². The van der Waals surface area contributed by atoms with Crippen molar-refractivity contribution in [3.05, 3.63) is 34.3 Å². The number of benzene rings is 1. The van der Waals surface area contributed by atoms with E-state index in [9.17, 15) is 4.79 Å². The molecule has 92 valence electrons. The van der Waals surface area contributed by atoms with E-state index in [1.165, 1.54) is 0 Å². The normalized spacial score (nSPS) is 23.9. The highest BCUT2D eigenvalue weighted by atomic mass is 79.9. The maximum atomic E-state index is 12.2. The van der Waals surface area contributed by atoms with Gasteiger partial charge in [-0.3, -0.25) is 4.79 Å². The molecule has 1 aromatic rings. The predicted molar refractivity (Wildman–Crippen MR) is 70.0 cm³/mol. The second kappa shape index (κ2) is 5.76. The molecule has 2 atom stereocenters. The van der Waals surface area contributed by atoms with E-state index in [0.717, 1.165) is 10.0 Å². The number of rotatable bonds is 4. The fourth-order valence-electron chi connectivity index (χ4n) is 2.14. The molecule has 0 saturated carbocycles. The molecule has 17 heavy (non-hydrogen) atoms. The highest BCUT2D eigenvalue weighted by molar-refractivity contribution is 9.10. The molecular formula is C13H16BrNO2. The molecule has 0 radical (unpaired) electrons. The third-order valence-electron chi connectivity index (χ3n) is 3.13. The molecule has 1 heterocycles. The van der Waals surface area contributed by atoms with Gasteiger partial charge in [-0.1, -0.05) is 28.1 Å². The van der Waals surface area contributed by atoms with Crippen molar-refractivity contribution in [2.45, 2.75) is 12.5 Å². The number of ketones is 1. The number of hydrogen-bond donors (Lipinski definition) is 1. The Morgan fingerprint density at radius 3 is 3.06 bits per heavy atom. The molecule has 0 bridgehead atoms. The van der Waals surface area contributed by atoms with Gasteiger partial charge in [-0.2, -0.15) is 0 Å². The lowest BCUT2D eigenvalue weighted by molar-refractivity contribution is -0.122. The maximum absolute atomic E-state index is 12.2. The summed E-state index contributed by atoms with van der Waals surface area (Å²) >= 11 is 3.41. The van der Waals surface area contributed by atoms with Crippen LogP contribution in [0.5, 0.6) is 0 Å². The zero-order valence-electron chi connectivity index (χ0n) is 9.78. The van der Waals surface area contributed by atoms with Gasteiger partial charge in [-0.25, -0.2) is 0 Å². The van der Waals surface area contributed by atoms with E-state index < -0.39 is 0 Å². The lowest BCUT2D eigenvalue weighted by Gasteiger charge is -2.15. The molecule has 2 unspecified atom stereocenters. The van der Waals surface area contributed by atoms with E-state index in [1.54, 1.807) is 0 Å². The van der Waals surface area contributed by atoms with Crippen molar-refractivity contribution in [2.75, 3.05) is 20.3 Å². The van der Waals surface area contributed by atoms with Gasteiger partial charge in [-0.15, -0.1) is 0 Å². The number of carbonyl (C=O) groups excluding carboxylic acids is 1. The number of hydrogen-bond acceptors (Lipinski definition) is 3. The Kier molecular flexibility index (Phi) is 4.31. The molecular weight excluding hydrogens is 282 g/mol. The van der Waals surface area contributed by atoms with Crippen molar-refractivity contribution >= 4 is 21.7 Å². The second-order valence-corrected chi connectivity index (χ2v) is 5.23. The number of carbonyl (C=O) groups is 1. The summed E-state index contributed by atoms with van der Waals surface area (Å²) in [7, 11) is 1.87. The van der Waals surface area contributed by atoms with Crippen LogP contribution in [-0.2, 0) is 16.0 Å². The molecule has 1 aromatic carbocycles. The topological polar surface area (TPSA) is 38.3 Å². The van der Waals surface area contributed by atoms with Crippen molar-refractivity contribution in [3.63, 3.8) is 0 Å². The maximum Gasteiger partial charge on any atom is 0.144 e. The molecule has 0 aliphatic carbocycles. The van der Waals surface area contributed by atoms with Crippen LogP contribution >= 0.6 is 15.9 Å². The summed E-state index contributed by atoms with van der Waals surface area (Å²) in [4.78, 5) is 12.2.